The van der Waals surface area contributed by atoms with E-state index in [4.69, 9.17) is 10.5 Å². The Morgan fingerprint density at radius 2 is 2.11 bits per heavy atom. The van der Waals surface area contributed by atoms with Crippen LogP contribution in [0.1, 0.15) is 38.7 Å². The first-order chi connectivity index (χ1) is 8.40. The average Bonchev–Trinajstić information content (AvgIpc) is 2.30. The molecule has 0 spiro atoms. The van der Waals surface area contributed by atoms with Gasteiger partial charge >= 0.3 is 0 Å². The molecule has 1 saturated carbocycles. The maximum Gasteiger partial charge on any atom is 0.165 e. The summed E-state index contributed by atoms with van der Waals surface area (Å²) in [6, 6.07) is 4.88. The van der Waals surface area contributed by atoms with Crippen LogP contribution in [0, 0.1) is 18.2 Å². The second-order valence-corrected chi connectivity index (χ2v) is 6.00. The van der Waals surface area contributed by atoms with Crippen LogP contribution in [0.3, 0.4) is 0 Å². The molecule has 1 aliphatic rings. The van der Waals surface area contributed by atoms with E-state index < -0.39 is 0 Å². The molecule has 3 heteroatoms. The monoisotopic (exact) mass is 251 g/mol. The lowest BCUT2D eigenvalue weighted by atomic mass is 9.72. The summed E-state index contributed by atoms with van der Waals surface area (Å²) in [6.45, 7) is 6.23. The number of hydrogen-bond donors (Lipinski definition) is 1. The van der Waals surface area contributed by atoms with Crippen molar-refractivity contribution < 1.29 is 9.13 Å². The molecule has 0 amide bonds. The Morgan fingerprint density at radius 3 is 2.83 bits per heavy atom. The fraction of sp³-hybridized carbons (Fsp3) is 0.600. The van der Waals surface area contributed by atoms with Crippen LogP contribution in [0.4, 0.5) is 4.39 Å². The van der Waals surface area contributed by atoms with Gasteiger partial charge in [0, 0.05) is 6.04 Å². The highest BCUT2D eigenvalue weighted by Gasteiger charge is 2.37. The molecule has 100 valence electrons. The van der Waals surface area contributed by atoms with Gasteiger partial charge < -0.3 is 10.5 Å². The molecule has 1 aliphatic carbocycles. The van der Waals surface area contributed by atoms with E-state index in [0.29, 0.717) is 5.75 Å². The lowest BCUT2D eigenvalue weighted by Crippen LogP contribution is -2.52. The molecule has 2 N–H and O–H groups in total. The van der Waals surface area contributed by atoms with Crippen LogP contribution < -0.4 is 10.5 Å². The van der Waals surface area contributed by atoms with Gasteiger partial charge in [-0.3, -0.25) is 0 Å². The Bertz CT molecular complexity index is 431. The minimum absolute atomic E-state index is 0.0498. The van der Waals surface area contributed by atoms with Crippen LogP contribution in [0.15, 0.2) is 18.2 Å². The quantitative estimate of drug-likeness (QED) is 0.874. The van der Waals surface area contributed by atoms with Gasteiger partial charge in [0.1, 0.15) is 6.10 Å². The largest absolute Gasteiger partial charge is 0.486 e. The zero-order valence-electron chi connectivity index (χ0n) is 11.4. The Labute approximate surface area is 108 Å². The third-order valence-electron chi connectivity index (χ3n) is 3.98. The number of rotatable bonds is 2. The molecule has 0 radical (unpaired) electrons. The summed E-state index contributed by atoms with van der Waals surface area (Å²) in [5, 5.41) is 0. The molecule has 0 saturated heterocycles. The van der Waals surface area contributed by atoms with Crippen molar-refractivity contribution in [2.45, 2.75) is 52.2 Å². The van der Waals surface area contributed by atoms with Gasteiger partial charge in [-0.2, -0.15) is 0 Å². The molecule has 1 aromatic rings. The Morgan fingerprint density at radius 1 is 1.39 bits per heavy atom. The lowest BCUT2D eigenvalue weighted by molar-refractivity contribution is 0.0540. The SMILES string of the molecule is Cc1ccc(F)c(OC2CCCC(C)(C)C2N)c1. The second kappa shape index (κ2) is 4.88. The Hall–Kier alpha value is -1.09. The van der Waals surface area contributed by atoms with Crippen LogP contribution in [0.25, 0.3) is 0 Å². The topological polar surface area (TPSA) is 35.2 Å². The van der Waals surface area contributed by atoms with E-state index in [-0.39, 0.29) is 23.4 Å². The number of nitrogens with two attached hydrogens (primary N) is 1. The van der Waals surface area contributed by atoms with Crippen LogP contribution in [0.2, 0.25) is 0 Å². The molecule has 2 unspecified atom stereocenters. The van der Waals surface area contributed by atoms with E-state index >= 15 is 0 Å². The van der Waals surface area contributed by atoms with Crippen molar-refractivity contribution in [3.63, 3.8) is 0 Å². The van der Waals surface area contributed by atoms with E-state index in [0.717, 1.165) is 24.8 Å². The first-order valence-electron chi connectivity index (χ1n) is 6.58. The summed E-state index contributed by atoms with van der Waals surface area (Å²) in [7, 11) is 0. The average molecular weight is 251 g/mol. The molecule has 2 atom stereocenters. The minimum atomic E-state index is -0.309. The van der Waals surface area contributed by atoms with Gasteiger partial charge in [-0.15, -0.1) is 0 Å². The van der Waals surface area contributed by atoms with Gasteiger partial charge in [0.05, 0.1) is 0 Å². The molecule has 0 aromatic heterocycles. The van der Waals surface area contributed by atoms with Crippen molar-refractivity contribution in [3.8, 4) is 5.75 Å². The molecule has 18 heavy (non-hydrogen) atoms. The van der Waals surface area contributed by atoms with E-state index in [9.17, 15) is 4.39 Å². The normalized spacial score (nSPS) is 26.9. The predicted octanol–water partition coefficient (Wildman–Crippen LogP) is 3.42. The first-order valence-corrected chi connectivity index (χ1v) is 6.58. The summed E-state index contributed by atoms with van der Waals surface area (Å²) in [5.74, 6) is 0.0179. The van der Waals surface area contributed by atoms with Crippen LogP contribution in [-0.2, 0) is 0 Å². The Kier molecular flexibility index (Phi) is 3.62. The molecular formula is C15H22FNO. The van der Waals surface area contributed by atoms with Gasteiger partial charge in [-0.25, -0.2) is 4.39 Å². The molecule has 1 fully saturated rings. The molecule has 0 bridgehead atoms. The summed E-state index contributed by atoms with van der Waals surface area (Å²) in [6.07, 6.45) is 2.99. The zero-order chi connectivity index (χ0) is 13.3. The zero-order valence-corrected chi connectivity index (χ0v) is 11.4. The van der Waals surface area contributed by atoms with Crippen LogP contribution in [-0.4, -0.2) is 12.1 Å². The van der Waals surface area contributed by atoms with Gasteiger partial charge in [0.2, 0.25) is 0 Å². The molecule has 1 aromatic carbocycles. The smallest absolute Gasteiger partial charge is 0.165 e. The summed E-state index contributed by atoms with van der Waals surface area (Å²) in [5.41, 5.74) is 7.30. The fourth-order valence-corrected chi connectivity index (χ4v) is 2.60. The predicted molar refractivity (Wildman–Crippen MR) is 71.2 cm³/mol. The van der Waals surface area contributed by atoms with Crippen molar-refractivity contribution >= 4 is 0 Å². The van der Waals surface area contributed by atoms with Crippen molar-refractivity contribution in [3.05, 3.63) is 29.6 Å². The number of ether oxygens (including phenoxy) is 1. The molecule has 2 nitrogen and oxygen atoms in total. The standard InChI is InChI=1S/C15H22FNO/c1-10-6-7-11(16)13(9-10)18-12-5-4-8-15(2,3)14(12)17/h6-7,9,12,14H,4-5,8,17H2,1-3H3. The van der Waals surface area contributed by atoms with Crippen LogP contribution in [0.5, 0.6) is 5.75 Å². The van der Waals surface area contributed by atoms with Crippen molar-refractivity contribution in [2.75, 3.05) is 0 Å². The third-order valence-corrected chi connectivity index (χ3v) is 3.98. The third kappa shape index (κ3) is 2.66. The number of benzene rings is 1. The van der Waals surface area contributed by atoms with Gasteiger partial charge in [-0.05, 0) is 49.3 Å². The molecule has 2 rings (SSSR count). The number of halogens is 1. The Balaban J connectivity index is 2.15. The van der Waals surface area contributed by atoms with E-state index in [1.165, 1.54) is 6.07 Å². The van der Waals surface area contributed by atoms with E-state index in [1.807, 2.05) is 6.92 Å². The lowest BCUT2D eigenvalue weighted by Gasteiger charge is -2.41. The fourth-order valence-electron chi connectivity index (χ4n) is 2.60. The number of hydrogen-bond acceptors (Lipinski definition) is 2. The van der Waals surface area contributed by atoms with Gasteiger partial charge in [0.15, 0.2) is 11.6 Å². The summed E-state index contributed by atoms with van der Waals surface area (Å²) >= 11 is 0. The van der Waals surface area contributed by atoms with Crippen molar-refractivity contribution in [1.82, 2.24) is 0 Å². The van der Waals surface area contributed by atoms with Crippen LogP contribution >= 0.6 is 0 Å². The highest BCUT2D eigenvalue weighted by molar-refractivity contribution is 5.29. The minimum Gasteiger partial charge on any atom is -0.486 e. The van der Waals surface area contributed by atoms with E-state index in [2.05, 4.69) is 13.8 Å². The summed E-state index contributed by atoms with van der Waals surface area (Å²) < 4.78 is 19.5. The van der Waals surface area contributed by atoms with Crippen molar-refractivity contribution in [2.24, 2.45) is 11.1 Å². The number of aryl methyl sites for hydroxylation is 1. The maximum absolute atomic E-state index is 13.7. The highest BCUT2D eigenvalue weighted by atomic mass is 19.1. The summed E-state index contributed by atoms with van der Waals surface area (Å²) in [4.78, 5) is 0. The van der Waals surface area contributed by atoms with Crippen molar-refractivity contribution in [1.29, 1.82) is 0 Å². The maximum atomic E-state index is 13.7. The molecular weight excluding hydrogens is 229 g/mol. The van der Waals surface area contributed by atoms with E-state index in [1.54, 1.807) is 12.1 Å². The first kappa shape index (κ1) is 13.3. The highest BCUT2D eigenvalue weighted by Crippen LogP contribution is 2.36. The van der Waals surface area contributed by atoms with Gasteiger partial charge in [0.25, 0.3) is 0 Å². The molecule has 0 aliphatic heterocycles. The van der Waals surface area contributed by atoms with Gasteiger partial charge in [-0.1, -0.05) is 19.9 Å². The molecule has 0 heterocycles. The second-order valence-electron chi connectivity index (χ2n) is 6.00.